The van der Waals surface area contributed by atoms with Crippen molar-refractivity contribution in [3.63, 3.8) is 0 Å². The third-order valence-corrected chi connectivity index (χ3v) is 4.14. The van der Waals surface area contributed by atoms with Crippen LogP contribution in [0.5, 0.6) is 0 Å². The van der Waals surface area contributed by atoms with E-state index < -0.39 is 0 Å². The van der Waals surface area contributed by atoms with Crippen LogP contribution >= 0.6 is 11.3 Å². The molecule has 0 aliphatic carbocycles. The first-order chi connectivity index (χ1) is 10.2. The van der Waals surface area contributed by atoms with Crippen LogP contribution in [0.3, 0.4) is 0 Å². The molecule has 0 amide bonds. The minimum Gasteiger partial charge on any atom is -0.282 e. The van der Waals surface area contributed by atoms with Crippen molar-refractivity contribution in [3.8, 4) is 22.1 Å². The van der Waals surface area contributed by atoms with Crippen molar-refractivity contribution in [2.75, 3.05) is 0 Å². The number of nitrogens with zero attached hydrogens (tertiary/aromatic N) is 5. The van der Waals surface area contributed by atoms with Crippen LogP contribution in [-0.2, 0) is 0 Å². The number of nitrogens with one attached hydrogen (secondary N) is 1. The van der Waals surface area contributed by atoms with Gasteiger partial charge in [-0.3, -0.25) is 5.10 Å². The fourth-order valence-corrected chi connectivity index (χ4v) is 3.04. The third-order valence-electron chi connectivity index (χ3n) is 3.19. The zero-order valence-electron chi connectivity index (χ0n) is 11.5. The minimum absolute atomic E-state index is 0.657. The van der Waals surface area contributed by atoms with E-state index in [0.717, 1.165) is 26.9 Å². The minimum atomic E-state index is 0.657. The Kier molecular flexibility index (Phi) is 2.61. The maximum absolute atomic E-state index is 4.63. The van der Waals surface area contributed by atoms with E-state index in [-0.39, 0.29) is 0 Å². The van der Waals surface area contributed by atoms with Crippen LogP contribution in [0.25, 0.3) is 27.1 Å². The Morgan fingerprint density at radius 2 is 2.05 bits per heavy atom. The van der Waals surface area contributed by atoms with Crippen molar-refractivity contribution in [3.05, 3.63) is 41.6 Å². The topological polar surface area (TPSA) is 71.8 Å². The summed E-state index contributed by atoms with van der Waals surface area (Å²) in [5.41, 5.74) is 4.04. The molecular weight excluding hydrogens is 284 g/mol. The van der Waals surface area contributed by atoms with Gasteiger partial charge in [-0.25, -0.2) is 0 Å². The van der Waals surface area contributed by atoms with Gasteiger partial charge in [0.2, 0.25) is 10.8 Å². The van der Waals surface area contributed by atoms with Gasteiger partial charge >= 0.3 is 0 Å². The van der Waals surface area contributed by atoms with Gasteiger partial charge in [0, 0.05) is 11.3 Å². The highest BCUT2D eigenvalue weighted by atomic mass is 32.1. The average Bonchev–Trinajstić information content (AvgIpc) is 3.13. The maximum Gasteiger partial charge on any atom is 0.235 e. The van der Waals surface area contributed by atoms with Gasteiger partial charge in [-0.2, -0.15) is 14.7 Å². The molecule has 4 aromatic rings. The summed E-state index contributed by atoms with van der Waals surface area (Å²) in [7, 11) is 0. The second kappa shape index (κ2) is 4.49. The number of benzene rings is 1. The lowest BCUT2D eigenvalue weighted by Crippen LogP contribution is -1.91. The second-order valence-electron chi connectivity index (χ2n) is 4.93. The van der Waals surface area contributed by atoms with Crippen LogP contribution in [0.1, 0.15) is 11.3 Å². The first-order valence-electron chi connectivity index (χ1n) is 6.52. The molecule has 0 aliphatic rings. The normalized spacial score (nSPS) is 11.3. The number of aromatic nitrogens is 6. The molecule has 0 atom stereocenters. The number of hydrogen-bond donors (Lipinski definition) is 1. The Morgan fingerprint density at radius 3 is 2.81 bits per heavy atom. The molecule has 104 valence electrons. The quantitative estimate of drug-likeness (QED) is 0.617. The zero-order valence-corrected chi connectivity index (χ0v) is 12.3. The van der Waals surface area contributed by atoms with Crippen molar-refractivity contribution in [1.29, 1.82) is 0 Å². The van der Waals surface area contributed by atoms with Gasteiger partial charge in [-0.05, 0) is 26.0 Å². The fraction of sp³-hybridized carbons (Fsp3) is 0.143. The molecule has 3 heterocycles. The highest BCUT2D eigenvalue weighted by molar-refractivity contribution is 7.19. The highest BCUT2D eigenvalue weighted by Crippen LogP contribution is 2.28. The number of H-pyrrole nitrogens is 1. The van der Waals surface area contributed by atoms with Gasteiger partial charge in [-0.1, -0.05) is 35.1 Å². The molecule has 0 saturated heterocycles. The Balaban J connectivity index is 1.86. The first kappa shape index (κ1) is 12.2. The van der Waals surface area contributed by atoms with Gasteiger partial charge in [0.15, 0.2) is 0 Å². The van der Waals surface area contributed by atoms with E-state index in [2.05, 4.69) is 50.6 Å². The number of rotatable bonds is 2. The van der Waals surface area contributed by atoms with Crippen LogP contribution in [0.2, 0.25) is 0 Å². The van der Waals surface area contributed by atoms with Crippen molar-refractivity contribution in [1.82, 2.24) is 30.0 Å². The maximum atomic E-state index is 4.63. The predicted octanol–water partition coefficient (Wildman–Crippen LogP) is 2.86. The van der Waals surface area contributed by atoms with Crippen LogP contribution in [0, 0.1) is 13.8 Å². The molecule has 1 N–H and O–H groups in total. The highest BCUT2D eigenvalue weighted by Gasteiger charge is 2.16. The molecule has 0 fully saturated rings. The summed E-state index contributed by atoms with van der Waals surface area (Å²) in [4.78, 5) is 0.766. The van der Waals surface area contributed by atoms with Gasteiger partial charge in [-0.15, -0.1) is 10.2 Å². The lowest BCUT2D eigenvalue weighted by molar-refractivity contribution is 0.952. The molecule has 0 unspecified atom stereocenters. The number of aromatic amines is 1. The summed E-state index contributed by atoms with van der Waals surface area (Å²) in [5.74, 6) is 0.657. The predicted molar refractivity (Wildman–Crippen MR) is 81.2 cm³/mol. The van der Waals surface area contributed by atoms with Crippen LogP contribution in [0.4, 0.5) is 0 Å². The lowest BCUT2D eigenvalue weighted by Gasteiger charge is -1.96. The van der Waals surface area contributed by atoms with Gasteiger partial charge in [0.1, 0.15) is 10.7 Å². The molecule has 0 spiro atoms. The van der Waals surface area contributed by atoms with E-state index in [1.165, 1.54) is 16.9 Å². The standard InChI is InChI=1S/C14H12N6S/c1-8-4-3-5-10(6-8)13-19-20-12(17-18-14(20)21-13)11-7-9(2)15-16-11/h3-7H,1-2H3,(H,15,16). The van der Waals surface area contributed by atoms with E-state index >= 15 is 0 Å². The molecule has 0 radical (unpaired) electrons. The van der Waals surface area contributed by atoms with E-state index in [4.69, 9.17) is 0 Å². The summed E-state index contributed by atoms with van der Waals surface area (Å²) in [5, 5.41) is 21.0. The van der Waals surface area contributed by atoms with Gasteiger partial charge in [0.05, 0.1) is 0 Å². The van der Waals surface area contributed by atoms with Crippen molar-refractivity contribution < 1.29 is 0 Å². The molecule has 21 heavy (non-hydrogen) atoms. The summed E-state index contributed by atoms with van der Waals surface area (Å²) in [6.07, 6.45) is 0. The summed E-state index contributed by atoms with van der Waals surface area (Å²) >= 11 is 1.52. The van der Waals surface area contributed by atoms with Crippen LogP contribution in [-0.4, -0.2) is 30.0 Å². The average molecular weight is 296 g/mol. The third kappa shape index (κ3) is 2.02. The fourth-order valence-electron chi connectivity index (χ4n) is 2.20. The largest absolute Gasteiger partial charge is 0.282 e. The Bertz CT molecular complexity index is 932. The van der Waals surface area contributed by atoms with E-state index in [1.54, 1.807) is 4.52 Å². The molecular formula is C14H12N6S. The molecule has 3 aromatic heterocycles. The van der Waals surface area contributed by atoms with Gasteiger partial charge < -0.3 is 0 Å². The summed E-state index contributed by atoms with van der Waals surface area (Å²) < 4.78 is 1.75. The molecule has 7 heteroatoms. The van der Waals surface area contributed by atoms with Crippen LogP contribution in [0.15, 0.2) is 30.3 Å². The first-order valence-corrected chi connectivity index (χ1v) is 7.34. The zero-order chi connectivity index (χ0) is 14.4. The van der Waals surface area contributed by atoms with Crippen molar-refractivity contribution >= 4 is 16.3 Å². The smallest absolute Gasteiger partial charge is 0.235 e. The van der Waals surface area contributed by atoms with Crippen molar-refractivity contribution in [2.45, 2.75) is 13.8 Å². The Labute approximate surface area is 124 Å². The Morgan fingerprint density at radius 1 is 1.14 bits per heavy atom. The molecule has 0 bridgehead atoms. The molecule has 4 rings (SSSR count). The number of aryl methyl sites for hydroxylation is 2. The monoisotopic (exact) mass is 296 g/mol. The van der Waals surface area contributed by atoms with E-state index in [1.807, 2.05) is 19.1 Å². The number of fused-ring (bicyclic) bond motifs is 1. The van der Waals surface area contributed by atoms with Gasteiger partial charge in [0.25, 0.3) is 0 Å². The summed E-state index contributed by atoms with van der Waals surface area (Å²) in [6, 6.07) is 10.2. The second-order valence-corrected chi connectivity index (χ2v) is 5.89. The van der Waals surface area contributed by atoms with E-state index in [9.17, 15) is 0 Å². The van der Waals surface area contributed by atoms with Crippen LogP contribution < -0.4 is 0 Å². The SMILES string of the molecule is Cc1cccc(-c2nn3c(-c4cc(C)[nH]n4)nnc3s2)c1. The van der Waals surface area contributed by atoms with Crippen molar-refractivity contribution in [2.24, 2.45) is 0 Å². The molecule has 0 aliphatic heterocycles. The lowest BCUT2D eigenvalue weighted by atomic mass is 10.1. The molecule has 1 aromatic carbocycles. The van der Waals surface area contributed by atoms with E-state index in [0.29, 0.717) is 5.82 Å². The Hall–Kier alpha value is -2.54. The number of hydrogen-bond acceptors (Lipinski definition) is 5. The molecule has 6 nitrogen and oxygen atoms in total. The summed E-state index contributed by atoms with van der Waals surface area (Å²) in [6.45, 7) is 4.02. The molecule has 0 saturated carbocycles.